The van der Waals surface area contributed by atoms with Crippen LogP contribution in [-0.4, -0.2) is 73.2 Å². The normalized spacial score (nSPS) is 35.1. The van der Waals surface area contributed by atoms with E-state index in [4.69, 9.17) is 0 Å². The highest BCUT2D eigenvalue weighted by atomic mass is 31.2. The number of likely N-dealkylation sites (N-methyl/N-ethyl adjacent to an activating group) is 3. The maximum Gasteiger partial charge on any atom is 0.613 e. The fraction of sp³-hybridized carbons (Fsp3) is 1.00. The molecule has 4 nitrogen and oxygen atoms in total. The Kier molecular flexibility index (Phi) is 1.42. The minimum Gasteiger partial charge on any atom is -0.181 e. The summed E-state index contributed by atoms with van der Waals surface area (Å²) >= 11 is 0. The highest BCUT2D eigenvalue weighted by Crippen LogP contribution is 2.77. The van der Waals surface area contributed by atoms with Gasteiger partial charge in [0.2, 0.25) is 0 Å². The van der Waals surface area contributed by atoms with Gasteiger partial charge < -0.3 is 0 Å². The average molecular weight is 218 g/mol. The Morgan fingerprint density at radius 3 is 1.07 bits per heavy atom. The van der Waals surface area contributed by atoms with Gasteiger partial charge in [0.15, 0.2) is 0 Å². The topological polar surface area (TPSA) is 17.1 Å². The molecule has 3 heterocycles. The van der Waals surface area contributed by atoms with Gasteiger partial charge in [-0.25, -0.2) is 0 Å². The van der Waals surface area contributed by atoms with Crippen molar-refractivity contribution in [3.63, 3.8) is 0 Å². The summed E-state index contributed by atoms with van der Waals surface area (Å²) in [6.45, 7) is 6.83. The minimum atomic E-state index is -2.13. The molecule has 0 atom stereocenters. The number of rotatable bonds is 3. The molecule has 0 spiro atoms. The van der Waals surface area contributed by atoms with E-state index in [1.807, 2.05) is 0 Å². The summed E-state index contributed by atoms with van der Waals surface area (Å²) in [5.74, 6) is 0. The molecule has 5 heteroatoms. The van der Waals surface area contributed by atoms with Gasteiger partial charge in [-0.2, -0.15) is 17.3 Å². The summed E-state index contributed by atoms with van der Waals surface area (Å²) < 4.78 is 16.0. The average Bonchev–Trinajstić information content (AvgIpc) is 2.91. The highest BCUT2D eigenvalue weighted by Gasteiger charge is 2.84. The van der Waals surface area contributed by atoms with Crippen LogP contribution in [0.4, 0.5) is 0 Å². The summed E-state index contributed by atoms with van der Waals surface area (Å²) in [5, 5.41) is 0. The molecule has 3 aliphatic heterocycles. The Morgan fingerprint density at radius 2 is 0.929 bits per heavy atom. The third-order valence-electron chi connectivity index (χ3n) is 4.50. The van der Waals surface area contributed by atoms with Crippen molar-refractivity contribution in [3.8, 4) is 0 Å². The molecule has 0 aliphatic carbocycles. The monoisotopic (exact) mass is 218 g/mol. The highest BCUT2D eigenvalue weighted by molar-refractivity contribution is 7.46. The van der Waals surface area contributed by atoms with E-state index in [1.165, 1.54) is 0 Å². The molecule has 0 unspecified atom stereocenters. The van der Waals surface area contributed by atoms with Crippen molar-refractivity contribution in [2.24, 2.45) is 0 Å². The third kappa shape index (κ3) is 0.843. The van der Waals surface area contributed by atoms with Gasteiger partial charge in [0, 0.05) is 0 Å². The van der Waals surface area contributed by atoms with Gasteiger partial charge in [-0.15, -0.1) is 0 Å². The first-order valence-corrected chi connectivity index (χ1v) is 7.09. The van der Waals surface area contributed by atoms with Gasteiger partial charge in [0.25, 0.3) is 0 Å². The first kappa shape index (κ1) is 9.34. The second-order valence-corrected chi connectivity index (χ2v) is 9.80. The zero-order valence-electron chi connectivity index (χ0n) is 9.44. The maximum atomic E-state index is 13.4. The molecule has 3 aliphatic rings. The predicted molar refractivity (Wildman–Crippen MR) is 55.4 cm³/mol. The molecular weight excluding hydrogens is 197 g/mol. The molecule has 0 bridgehead atoms. The predicted octanol–water partition coefficient (Wildman–Crippen LogP) is 0.475. The van der Waals surface area contributed by atoms with E-state index in [-0.39, 0.29) is 0 Å². The van der Waals surface area contributed by atoms with Crippen molar-refractivity contribution in [1.82, 2.24) is 0 Å². The van der Waals surface area contributed by atoms with Gasteiger partial charge in [-0.05, 0) is 0 Å². The van der Waals surface area contributed by atoms with E-state index in [0.29, 0.717) is 0 Å². The van der Waals surface area contributed by atoms with Gasteiger partial charge >= 0.3 is 7.59 Å². The molecule has 0 aromatic heterocycles. The van der Waals surface area contributed by atoms with E-state index in [2.05, 4.69) is 21.1 Å². The Balaban J connectivity index is 2.07. The molecule has 0 saturated carbocycles. The smallest absolute Gasteiger partial charge is 0.181 e. The van der Waals surface area contributed by atoms with Crippen LogP contribution in [-0.2, 0) is 4.57 Å². The molecule has 0 N–H and O–H groups in total. The summed E-state index contributed by atoms with van der Waals surface area (Å²) in [4.78, 5) is 0. The lowest BCUT2D eigenvalue weighted by molar-refractivity contribution is -0.853. The Morgan fingerprint density at radius 1 is 0.714 bits per heavy atom. The fourth-order valence-electron chi connectivity index (χ4n) is 2.78. The molecule has 80 valence electrons. The van der Waals surface area contributed by atoms with E-state index < -0.39 is 7.59 Å². The number of hydrogen-bond acceptors (Lipinski definition) is 1. The van der Waals surface area contributed by atoms with E-state index in [9.17, 15) is 4.57 Å². The Bertz CT molecular complexity index is 290. The molecule has 3 saturated heterocycles. The minimum absolute atomic E-state index is 0.875. The number of quaternary nitrogens is 3. The molecule has 0 amide bonds. The van der Waals surface area contributed by atoms with Crippen molar-refractivity contribution >= 4 is 7.59 Å². The van der Waals surface area contributed by atoms with E-state index in [1.54, 1.807) is 0 Å². The lowest BCUT2D eigenvalue weighted by atomic mass is 11.0. The largest absolute Gasteiger partial charge is 0.613 e. The van der Waals surface area contributed by atoms with Crippen molar-refractivity contribution in [2.45, 2.75) is 0 Å². The van der Waals surface area contributed by atoms with Crippen molar-refractivity contribution in [2.75, 3.05) is 60.4 Å². The molecule has 3 fully saturated rings. The zero-order valence-corrected chi connectivity index (χ0v) is 10.3. The molecule has 0 radical (unpaired) electrons. The van der Waals surface area contributed by atoms with Crippen molar-refractivity contribution in [3.05, 3.63) is 0 Å². The van der Waals surface area contributed by atoms with E-state index >= 15 is 0 Å². The third-order valence-corrected chi connectivity index (χ3v) is 9.47. The van der Waals surface area contributed by atoms with Gasteiger partial charge in [0.1, 0.15) is 39.3 Å². The lowest BCUT2D eigenvalue weighted by Crippen LogP contribution is -2.40. The first-order chi connectivity index (χ1) is 6.37. The van der Waals surface area contributed by atoms with Gasteiger partial charge in [-0.3, -0.25) is 0 Å². The first-order valence-electron chi connectivity index (χ1n) is 5.52. The summed E-state index contributed by atoms with van der Waals surface area (Å²) in [6.07, 6.45) is 0. The Hall–Kier alpha value is 0.110. The van der Waals surface area contributed by atoms with Crippen LogP contribution in [0.5, 0.6) is 0 Å². The van der Waals surface area contributed by atoms with Crippen LogP contribution in [0.15, 0.2) is 0 Å². The fourth-order valence-corrected chi connectivity index (χ4v) is 7.74. The molecule has 0 aromatic rings. The van der Waals surface area contributed by atoms with Crippen LogP contribution < -0.4 is 0 Å². The van der Waals surface area contributed by atoms with Crippen LogP contribution in [0.3, 0.4) is 0 Å². The van der Waals surface area contributed by atoms with Crippen molar-refractivity contribution < 1.29 is 17.3 Å². The van der Waals surface area contributed by atoms with Crippen molar-refractivity contribution in [1.29, 1.82) is 0 Å². The lowest BCUT2D eigenvalue weighted by Gasteiger charge is -2.30. The second kappa shape index (κ2) is 2.12. The summed E-state index contributed by atoms with van der Waals surface area (Å²) in [6, 6.07) is 0. The molecular formula is C9H21N3OP+3. The number of nitrogens with zero attached hydrogens (tertiary/aromatic N) is 3. The van der Waals surface area contributed by atoms with Crippen LogP contribution >= 0.6 is 7.59 Å². The summed E-state index contributed by atoms with van der Waals surface area (Å²) in [7, 11) is 4.47. The number of hydrogen-bond donors (Lipinski definition) is 0. The molecule has 3 rings (SSSR count). The maximum absolute atomic E-state index is 13.4. The van der Waals surface area contributed by atoms with Crippen LogP contribution in [0.25, 0.3) is 0 Å². The SMILES string of the molecule is C[N+]1(P(=O)([N+]2(C)CC2)[N+]2(C)CC2)CC1. The summed E-state index contributed by atoms with van der Waals surface area (Å²) in [5.41, 5.74) is 0. The standard InChI is InChI=1S/C9H21N3OP/c1-10(4-5-10)14(13,11(2)6-7-11)12(3)8-9-12/h4-9H2,1-3H3/q+3. The van der Waals surface area contributed by atoms with Gasteiger partial charge in [0.05, 0.1) is 21.1 Å². The van der Waals surface area contributed by atoms with Crippen LogP contribution in [0.1, 0.15) is 0 Å². The quantitative estimate of drug-likeness (QED) is 0.497. The van der Waals surface area contributed by atoms with Crippen LogP contribution in [0, 0.1) is 0 Å². The Labute approximate surface area is 86.0 Å². The second-order valence-electron chi connectivity index (χ2n) is 5.87. The van der Waals surface area contributed by atoms with Crippen LogP contribution in [0.2, 0.25) is 0 Å². The zero-order chi connectivity index (χ0) is 10.2. The van der Waals surface area contributed by atoms with E-state index in [0.717, 1.165) is 52.0 Å². The van der Waals surface area contributed by atoms with Gasteiger partial charge in [-0.1, -0.05) is 0 Å². The molecule has 14 heavy (non-hydrogen) atoms. The molecule has 0 aromatic carbocycles.